The molecule has 1 aliphatic rings. The molecule has 1 atom stereocenters. The molecule has 31 heavy (non-hydrogen) atoms. The number of nitrogens with two attached hydrogens (primary N) is 1. The summed E-state index contributed by atoms with van der Waals surface area (Å²) in [5.74, 6) is 1.38. The van der Waals surface area contributed by atoms with Crippen molar-refractivity contribution in [2.45, 2.75) is 26.3 Å². The Morgan fingerprint density at radius 1 is 1.29 bits per heavy atom. The summed E-state index contributed by atoms with van der Waals surface area (Å²) in [5.41, 5.74) is 12.4. The Morgan fingerprint density at radius 3 is 2.61 bits per heavy atom. The first-order chi connectivity index (χ1) is 14.9. The van der Waals surface area contributed by atoms with Crippen LogP contribution in [0.15, 0.2) is 65.1 Å². The van der Waals surface area contributed by atoms with Crippen molar-refractivity contribution >= 4 is 28.6 Å². The number of benzene rings is 1. The van der Waals surface area contributed by atoms with Crippen LogP contribution in [0.5, 0.6) is 5.75 Å². The Morgan fingerprint density at radius 2 is 2.00 bits per heavy atom. The van der Waals surface area contributed by atoms with Crippen molar-refractivity contribution in [1.29, 1.82) is 0 Å². The second kappa shape index (κ2) is 8.07. The fourth-order valence-electron chi connectivity index (χ4n) is 4.06. The predicted octanol–water partition coefficient (Wildman–Crippen LogP) is 4.47. The maximum atomic E-state index is 6.51. The molecule has 3 aromatic rings. The van der Waals surface area contributed by atoms with Gasteiger partial charge in [0.2, 0.25) is 5.65 Å². The third-order valence-electron chi connectivity index (χ3n) is 5.61. The Labute approximate surface area is 186 Å². The van der Waals surface area contributed by atoms with E-state index in [0.29, 0.717) is 22.8 Å². The van der Waals surface area contributed by atoms with Gasteiger partial charge in [0.15, 0.2) is 5.75 Å². The Hall–Kier alpha value is -3.32. The van der Waals surface area contributed by atoms with Gasteiger partial charge in [-0.15, -0.1) is 10.2 Å². The number of fused-ring (bicyclic) bond motifs is 1. The van der Waals surface area contributed by atoms with Crippen LogP contribution < -0.4 is 15.4 Å². The van der Waals surface area contributed by atoms with Gasteiger partial charge in [0.1, 0.15) is 5.82 Å². The van der Waals surface area contributed by atoms with Crippen LogP contribution in [0.25, 0.3) is 5.65 Å². The first-order valence-corrected chi connectivity index (χ1v) is 10.4. The summed E-state index contributed by atoms with van der Waals surface area (Å²) in [6, 6.07) is 9.51. The van der Waals surface area contributed by atoms with E-state index in [2.05, 4.69) is 26.7 Å². The molecule has 7 nitrogen and oxygen atoms in total. The summed E-state index contributed by atoms with van der Waals surface area (Å²) < 4.78 is 7.53. The van der Waals surface area contributed by atoms with Crippen LogP contribution in [0.2, 0.25) is 5.02 Å². The van der Waals surface area contributed by atoms with Gasteiger partial charge < -0.3 is 15.4 Å². The Bertz CT molecular complexity index is 1220. The van der Waals surface area contributed by atoms with Crippen molar-refractivity contribution in [2.75, 3.05) is 19.1 Å². The number of hydrogen-bond donors (Lipinski definition) is 1. The number of halogens is 1. The standard InChI is InChI=1S/C23H25ClN6O/c1-6-18(25)20-21(26-4)13(2)30(22(20)15-7-9-16(24)10-8-15)17-11-19(31-5)23-28-27-14(3)29(23)12-17/h7-12,22H,2,6,25H2,1,3-5H3. The molecular formula is C23H25ClN6O. The minimum Gasteiger partial charge on any atom is -0.493 e. The zero-order chi connectivity index (χ0) is 22.3. The lowest BCUT2D eigenvalue weighted by Gasteiger charge is -2.28. The van der Waals surface area contributed by atoms with Gasteiger partial charge in [0.05, 0.1) is 30.2 Å². The lowest BCUT2D eigenvalue weighted by Crippen LogP contribution is -2.23. The summed E-state index contributed by atoms with van der Waals surface area (Å²) in [6.45, 7) is 8.31. The molecule has 8 heteroatoms. The fourth-order valence-corrected chi connectivity index (χ4v) is 4.19. The molecule has 0 radical (unpaired) electrons. The number of methoxy groups -OCH3 is 1. The van der Waals surface area contributed by atoms with Gasteiger partial charge in [-0.3, -0.25) is 9.39 Å². The van der Waals surface area contributed by atoms with Crippen molar-refractivity contribution in [3.63, 3.8) is 0 Å². The maximum Gasteiger partial charge on any atom is 0.203 e. The highest BCUT2D eigenvalue weighted by Gasteiger charge is 2.40. The number of nitrogens with zero attached hydrogens (tertiary/aromatic N) is 5. The van der Waals surface area contributed by atoms with Gasteiger partial charge in [-0.2, -0.15) is 0 Å². The largest absolute Gasteiger partial charge is 0.493 e. The van der Waals surface area contributed by atoms with Gasteiger partial charge in [-0.1, -0.05) is 37.2 Å². The number of anilines is 1. The lowest BCUT2D eigenvalue weighted by molar-refractivity contribution is 0.416. The number of aryl methyl sites for hydroxylation is 1. The molecule has 1 unspecified atom stereocenters. The molecular weight excluding hydrogens is 412 g/mol. The van der Waals surface area contributed by atoms with Crippen molar-refractivity contribution in [3.05, 3.63) is 76.5 Å². The van der Waals surface area contributed by atoms with Crippen LogP contribution in [0, 0.1) is 6.92 Å². The smallest absolute Gasteiger partial charge is 0.203 e. The van der Waals surface area contributed by atoms with Crippen LogP contribution in [-0.2, 0) is 0 Å². The quantitative estimate of drug-likeness (QED) is 0.652. The summed E-state index contributed by atoms with van der Waals surface area (Å²) in [6.07, 6.45) is 2.69. The summed E-state index contributed by atoms with van der Waals surface area (Å²) >= 11 is 6.17. The zero-order valence-electron chi connectivity index (χ0n) is 18.1. The van der Waals surface area contributed by atoms with E-state index in [1.165, 1.54) is 0 Å². The average Bonchev–Trinajstić information content (AvgIpc) is 3.30. The normalized spacial score (nSPS) is 19.5. The number of aromatic nitrogens is 3. The molecule has 0 spiro atoms. The van der Waals surface area contributed by atoms with E-state index in [4.69, 9.17) is 22.1 Å². The van der Waals surface area contributed by atoms with E-state index < -0.39 is 0 Å². The first-order valence-electron chi connectivity index (χ1n) is 10.00. The highest BCUT2D eigenvalue weighted by atomic mass is 35.5. The number of allylic oxidation sites excluding steroid dienone is 2. The fraction of sp³-hybridized carbons (Fsp3) is 0.261. The number of rotatable bonds is 4. The summed E-state index contributed by atoms with van der Waals surface area (Å²) in [4.78, 5) is 6.68. The first kappa shape index (κ1) is 20.9. The predicted molar refractivity (Wildman–Crippen MR) is 125 cm³/mol. The number of ether oxygens (including phenoxy) is 1. The van der Waals surface area contributed by atoms with E-state index >= 15 is 0 Å². The highest BCUT2D eigenvalue weighted by Crippen LogP contribution is 2.46. The molecule has 2 N–H and O–H groups in total. The number of pyridine rings is 1. The zero-order valence-corrected chi connectivity index (χ0v) is 18.8. The van der Waals surface area contributed by atoms with Crippen molar-refractivity contribution in [2.24, 2.45) is 10.7 Å². The van der Waals surface area contributed by atoms with Gasteiger partial charge >= 0.3 is 0 Å². The molecule has 0 aliphatic carbocycles. The van der Waals surface area contributed by atoms with Crippen molar-refractivity contribution < 1.29 is 4.74 Å². The topological polar surface area (TPSA) is 81.0 Å². The SMILES string of the molecule is C=C1C(=NC)C(=C(N)CC)C(c2ccc(Cl)cc2)N1c1cc(OC)c2nnc(C)n2c1. The van der Waals surface area contributed by atoms with Crippen LogP contribution in [-0.4, -0.2) is 34.5 Å². The molecule has 1 saturated heterocycles. The van der Waals surface area contributed by atoms with Crippen molar-refractivity contribution in [1.82, 2.24) is 14.6 Å². The number of aliphatic imine (C=N–C) groups is 1. The third kappa shape index (κ3) is 3.35. The van der Waals surface area contributed by atoms with Gasteiger partial charge in [-0.25, -0.2) is 0 Å². The Kier molecular flexibility index (Phi) is 5.45. The molecule has 1 fully saturated rings. The molecule has 160 valence electrons. The van der Waals surface area contributed by atoms with Gasteiger partial charge in [0, 0.05) is 35.6 Å². The molecule has 3 heterocycles. The minimum atomic E-state index is -0.206. The molecule has 4 rings (SSSR count). The van der Waals surface area contributed by atoms with E-state index in [-0.39, 0.29) is 6.04 Å². The summed E-state index contributed by atoms with van der Waals surface area (Å²) in [5, 5.41) is 9.09. The van der Waals surface area contributed by atoms with Gasteiger partial charge in [0.25, 0.3) is 0 Å². The molecule has 0 saturated carbocycles. The minimum absolute atomic E-state index is 0.206. The summed E-state index contributed by atoms with van der Waals surface area (Å²) in [7, 11) is 3.39. The second-order valence-electron chi connectivity index (χ2n) is 7.34. The number of hydrogen-bond acceptors (Lipinski definition) is 6. The molecule has 0 bridgehead atoms. The van der Waals surface area contributed by atoms with E-state index in [9.17, 15) is 0 Å². The van der Waals surface area contributed by atoms with E-state index in [1.807, 2.05) is 54.8 Å². The monoisotopic (exact) mass is 436 g/mol. The van der Waals surface area contributed by atoms with Crippen LogP contribution in [0.3, 0.4) is 0 Å². The molecule has 2 aromatic heterocycles. The molecule has 1 aromatic carbocycles. The highest BCUT2D eigenvalue weighted by molar-refractivity contribution is 6.30. The lowest BCUT2D eigenvalue weighted by atomic mass is 9.95. The van der Waals surface area contributed by atoms with Crippen LogP contribution in [0.4, 0.5) is 5.69 Å². The van der Waals surface area contributed by atoms with E-state index in [1.54, 1.807) is 14.2 Å². The van der Waals surface area contributed by atoms with Crippen molar-refractivity contribution in [3.8, 4) is 5.75 Å². The van der Waals surface area contributed by atoms with Gasteiger partial charge in [-0.05, 0) is 31.0 Å². The Balaban J connectivity index is 2.00. The third-order valence-corrected chi connectivity index (χ3v) is 5.86. The maximum absolute atomic E-state index is 6.51. The average molecular weight is 437 g/mol. The van der Waals surface area contributed by atoms with Crippen LogP contribution >= 0.6 is 11.6 Å². The molecule has 0 amide bonds. The van der Waals surface area contributed by atoms with E-state index in [0.717, 1.165) is 39.8 Å². The van der Waals surface area contributed by atoms with Crippen LogP contribution in [0.1, 0.15) is 30.8 Å². The second-order valence-corrected chi connectivity index (χ2v) is 7.78. The molecule has 1 aliphatic heterocycles.